The lowest BCUT2D eigenvalue weighted by molar-refractivity contribution is -0.116. The highest BCUT2D eigenvalue weighted by Gasteiger charge is 2.15. The lowest BCUT2D eigenvalue weighted by Crippen LogP contribution is -2.30. The van der Waals surface area contributed by atoms with Crippen molar-refractivity contribution in [1.82, 2.24) is 9.55 Å². The Morgan fingerprint density at radius 2 is 1.69 bits per heavy atom. The molecule has 4 rings (SSSR count). The molecule has 1 aromatic heterocycles. The molecule has 0 bridgehead atoms. The van der Waals surface area contributed by atoms with E-state index in [-0.39, 0.29) is 18.0 Å². The first-order chi connectivity index (χ1) is 14.0. The maximum atomic E-state index is 13.2. The fourth-order valence-electron chi connectivity index (χ4n) is 3.30. The quantitative estimate of drug-likeness (QED) is 0.571. The van der Waals surface area contributed by atoms with E-state index < -0.39 is 0 Å². The average Bonchev–Trinajstić information content (AvgIpc) is 2.71. The van der Waals surface area contributed by atoms with E-state index in [2.05, 4.69) is 5.32 Å². The van der Waals surface area contributed by atoms with Gasteiger partial charge >= 0.3 is 0 Å². The lowest BCUT2D eigenvalue weighted by Gasteiger charge is -2.14. The summed E-state index contributed by atoms with van der Waals surface area (Å²) in [4.78, 5) is 30.6. The van der Waals surface area contributed by atoms with E-state index in [9.17, 15) is 9.59 Å². The molecule has 5 heteroatoms. The van der Waals surface area contributed by atoms with Crippen molar-refractivity contribution < 1.29 is 4.79 Å². The van der Waals surface area contributed by atoms with Gasteiger partial charge in [0.15, 0.2) is 0 Å². The van der Waals surface area contributed by atoms with Gasteiger partial charge in [-0.25, -0.2) is 4.98 Å². The van der Waals surface area contributed by atoms with Crippen LogP contribution in [0.5, 0.6) is 0 Å². The normalized spacial score (nSPS) is 10.8. The zero-order valence-electron chi connectivity index (χ0n) is 16.3. The van der Waals surface area contributed by atoms with Crippen LogP contribution in [0.2, 0.25) is 0 Å². The minimum atomic E-state index is -0.275. The predicted octanol–water partition coefficient (Wildman–Crippen LogP) is 4.32. The fraction of sp³-hybridized carbons (Fsp3) is 0.125. The van der Waals surface area contributed by atoms with E-state index in [1.807, 2.05) is 74.5 Å². The van der Waals surface area contributed by atoms with Crippen LogP contribution in [0, 0.1) is 13.8 Å². The first-order valence-corrected chi connectivity index (χ1v) is 9.44. The summed E-state index contributed by atoms with van der Waals surface area (Å²) < 4.78 is 1.44. The van der Waals surface area contributed by atoms with Gasteiger partial charge in [0.05, 0.1) is 10.9 Å². The average molecular weight is 383 g/mol. The van der Waals surface area contributed by atoms with E-state index in [4.69, 9.17) is 4.98 Å². The Morgan fingerprint density at radius 3 is 2.45 bits per heavy atom. The molecule has 3 aromatic carbocycles. The number of amides is 1. The molecule has 1 amide bonds. The summed E-state index contributed by atoms with van der Waals surface area (Å²) in [7, 11) is 0. The third-order valence-electron chi connectivity index (χ3n) is 4.77. The molecule has 29 heavy (non-hydrogen) atoms. The van der Waals surface area contributed by atoms with Gasteiger partial charge in [0.25, 0.3) is 5.56 Å². The van der Waals surface area contributed by atoms with Crippen molar-refractivity contribution in [2.75, 3.05) is 5.32 Å². The summed E-state index contributed by atoms with van der Waals surface area (Å²) in [5.41, 5.74) is 4.04. The van der Waals surface area contributed by atoms with E-state index in [0.29, 0.717) is 22.4 Å². The maximum absolute atomic E-state index is 13.2. The third kappa shape index (κ3) is 3.94. The van der Waals surface area contributed by atoms with Crippen LogP contribution in [-0.2, 0) is 11.3 Å². The molecule has 0 spiro atoms. The highest BCUT2D eigenvalue weighted by atomic mass is 16.2. The Kier molecular flexibility index (Phi) is 4.96. The molecule has 0 aliphatic carbocycles. The first kappa shape index (κ1) is 18.6. The topological polar surface area (TPSA) is 64.0 Å². The van der Waals surface area contributed by atoms with Crippen molar-refractivity contribution in [3.8, 4) is 11.4 Å². The van der Waals surface area contributed by atoms with Crippen LogP contribution >= 0.6 is 0 Å². The lowest BCUT2D eigenvalue weighted by atomic mass is 10.1. The standard InChI is InChI=1S/C24H21N3O2/c1-16-10-12-18(13-11-16)23-26-21-9-4-3-8-20(21)24(29)27(23)15-22(28)25-19-7-5-6-17(2)14-19/h3-14H,15H2,1-2H3,(H,25,28). The highest BCUT2D eigenvalue weighted by molar-refractivity contribution is 5.91. The van der Waals surface area contributed by atoms with Gasteiger partial charge in [-0.05, 0) is 43.7 Å². The zero-order chi connectivity index (χ0) is 20.4. The number of fused-ring (bicyclic) bond motifs is 1. The number of rotatable bonds is 4. The smallest absolute Gasteiger partial charge is 0.262 e. The Hall–Kier alpha value is -3.73. The van der Waals surface area contributed by atoms with Gasteiger partial charge < -0.3 is 5.32 Å². The van der Waals surface area contributed by atoms with Gasteiger partial charge in [0.2, 0.25) is 5.91 Å². The minimum Gasteiger partial charge on any atom is -0.325 e. The monoisotopic (exact) mass is 383 g/mol. The van der Waals surface area contributed by atoms with E-state index in [1.54, 1.807) is 12.1 Å². The summed E-state index contributed by atoms with van der Waals surface area (Å²) in [5.74, 6) is 0.205. The zero-order valence-corrected chi connectivity index (χ0v) is 16.3. The van der Waals surface area contributed by atoms with Crippen LogP contribution in [0.3, 0.4) is 0 Å². The van der Waals surface area contributed by atoms with E-state index >= 15 is 0 Å². The largest absolute Gasteiger partial charge is 0.325 e. The van der Waals surface area contributed by atoms with Gasteiger partial charge in [0.1, 0.15) is 12.4 Å². The van der Waals surface area contributed by atoms with E-state index in [0.717, 1.165) is 16.7 Å². The Balaban J connectivity index is 1.78. The summed E-state index contributed by atoms with van der Waals surface area (Å²) in [5, 5.41) is 3.36. The molecule has 0 saturated carbocycles. The number of nitrogens with zero attached hydrogens (tertiary/aromatic N) is 2. The number of aromatic nitrogens is 2. The number of aryl methyl sites for hydroxylation is 2. The van der Waals surface area contributed by atoms with Gasteiger partial charge in [-0.15, -0.1) is 0 Å². The van der Waals surface area contributed by atoms with Crippen LogP contribution in [0.15, 0.2) is 77.6 Å². The number of hydrogen-bond acceptors (Lipinski definition) is 3. The van der Waals surface area contributed by atoms with Crippen molar-refractivity contribution in [2.24, 2.45) is 0 Å². The van der Waals surface area contributed by atoms with Gasteiger partial charge in [-0.2, -0.15) is 0 Å². The molecule has 0 saturated heterocycles. The summed E-state index contributed by atoms with van der Waals surface area (Å²) >= 11 is 0. The maximum Gasteiger partial charge on any atom is 0.262 e. The van der Waals surface area contributed by atoms with Crippen molar-refractivity contribution in [3.63, 3.8) is 0 Å². The second-order valence-electron chi connectivity index (χ2n) is 7.13. The Morgan fingerprint density at radius 1 is 0.931 bits per heavy atom. The van der Waals surface area contributed by atoms with Crippen LogP contribution in [0.1, 0.15) is 11.1 Å². The molecule has 0 aliphatic rings. The summed E-state index contributed by atoms with van der Waals surface area (Å²) in [6.07, 6.45) is 0. The molecular formula is C24H21N3O2. The molecule has 0 unspecified atom stereocenters. The van der Waals surface area contributed by atoms with Crippen molar-refractivity contribution in [2.45, 2.75) is 20.4 Å². The molecule has 1 N–H and O–H groups in total. The molecule has 0 fully saturated rings. The van der Waals surface area contributed by atoms with Crippen LogP contribution < -0.4 is 10.9 Å². The fourth-order valence-corrected chi connectivity index (χ4v) is 3.30. The summed E-state index contributed by atoms with van der Waals surface area (Å²) in [6, 6.07) is 22.5. The molecule has 0 aliphatic heterocycles. The van der Waals surface area contributed by atoms with Crippen molar-refractivity contribution >= 4 is 22.5 Å². The third-order valence-corrected chi connectivity index (χ3v) is 4.77. The molecular weight excluding hydrogens is 362 g/mol. The Bertz CT molecular complexity index is 1260. The second kappa shape index (κ2) is 7.72. The van der Waals surface area contributed by atoms with Gasteiger partial charge in [0, 0.05) is 11.3 Å². The molecule has 144 valence electrons. The summed E-state index contributed by atoms with van der Waals surface area (Å²) in [6.45, 7) is 3.84. The van der Waals surface area contributed by atoms with Crippen molar-refractivity contribution in [3.05, 3.63) is 94.3 Å². The number of anilines is 1. The minimum absolute atomic E-state index is 0.117. The van der Waals surface area contributed by atoms with Gasteiger partial charge in [-0.1, -0.05) is 54.1 Å². The van der Waals surface area contributed by atoms with Crippen LogP contribution in [-0.4, -0.2) is 15.5 Å². The molecule has 4 aromatic rings. The number of benzene rings is 3. The number of para-hydroxylation sites is 1. The molecule has 0 radical (unpaired) electrons. The van der Waals surface area contributed by atoms with Gasteiger partial charge in [-0.3, -0.25) is 14.2 Å². The number of carbonyl (C=O) groups excluding carboxylic acids is 1. The Labute approximate surface area is 168 Å². The van der Waals surface area contributed by atoms with Crippen molar-refractivity contribution in [1.29, 1.82) is 0 Å². The highest BCUT2D eigenvalue weighted by Crippen LogP contribution is 2.20. The molecule has 1 heterocycles. The first-order valence-electron chi connectivity index (χ1n) is 9.44. The van der Waals surface area contributed by atoms with Crippen LogP contribution in [0.25, 0.3) is 22.3 Å². The number of nitrogens with one attached hydrogen (secondary N) is 1. The number of carbonyl (C=O) groups is 1. The SMILES string of the molecule is Cc1ccc(-c2nc3ccccc3c(=O)n2CC(=O)Nc2cccc(C)c2)cc1. The molecule has 5 nitrogen and oxygen atoms in total. The van der Waals surface area contributed by atoms with E-state index in [1.165, 1.54) is 4.57 Å². The molecule has 0 atom stereocenters. The number of hydrogen-bond donors (Lipinski definition) is 1. The van der Waals surface area contributed by atoms with Crippen LogP contribution in [0.4, 0.5) is 5.69 Å². The second-order valence-corrected chi connectivity index (χ2v) is 7.13. The predicted molar refractivity (Wildman–Crippen MR) is 116 cm³/mol.